The maximum absolute atomic E-state index is 12.5. The number of amides is 1. The number of methoxy groups -OCH3 is 2. The average molecular weight is 382 g/mol. The summed E-state index contributed by atoms with van der Waals surface area (Å²) in [6, 6.07) is 9.75. The Morgan fingerprint density at radius 3 is 2.25 bits per heavy atom. The molecule has 1 amide bonds. The van der Waals surface area contributed by atoms with Crippen molar-refractivity contribution in [2.45, 2.75) is 13.3 Å². The van der Waals surface area contributed by atoms with Gasteiger partial charge in [0.05, 0.1) is 31.8 Å². The normalized spacial score (nSPS) is 10.5. The van der Waals surface area contributed by atoms with Gasteiger partial charge in [0.15, 0.2) is 5.58 Å². The van der Waals surface area contributed by atoms with Gasteiger partial charge in [0.1, 0.15) is 5.69 Å². The molecule has 0 radical (unpaired) electrons. The highest BCUT2D eigenvalue weighted by molar-refractivity contribution is 6.00. The molecule has 144 valence electrons. The Labute approximate surface area is 160 Å². The molecule has 0 saturated heterocycles. The molecular formula is C20H18N2O6. The molecule has 8 nitrogen and oxygen atoms in total. The van der Waals surface area contributed by atoms with Crippen LogP contribution in [-0.2, 0) is 20.7 Å². The highest BCUT2D eigenvalue weighted by Gasteiger charge is 2.17. The number of nitrogens with zero attached hydrogens (tertiary/aromatic N) is 1. The quantitative estimate of drug-likeness (QED) is 0.676. The molecule has 0 unspecified atom stereocenters. The fourth-order valence-corrected chi connectivity index (χ4v) is 2.76. The molecule has 0 aliphatic heterocycles. The van der Waals surface area contributed by atoms with Gasteiger partial charge in [-0.25, -0.2) is 9.59 Å². The molecule has 3 rings (SSSR count). The molecular weight excluding hydrogens is 364 g/mol. The average Bonchev–Trinajstić information content (AvgIpc) is 3.08. The van der Waals surface area contributed by atoms with E-state index in [9.17, 15) is 14.4 Å². The number of hydrogen-bond donors (Lipinski definition) is 1. The van der Waals surface area contributed by atoms with Gasteiger partial charge in [-0.05, 0) is 37.3 Å². The van der Waals surface area contributed by atoms with Crippen molar-refractivity contribution < 1.29 is 28.4 Å². The molecule has 0 bridgehead atoms. The lowest BCUT2D eigenvalue weighted by Gasteiger charge is -2.09. The molecule has 0 aliphatic carbocycles. The van der Waals surface area contributed by atoms with Gasteiger partial charge in [0.25, 0.3) is 0 Å². The van der Waals surface area contributed by atoms with Crippen LogP contribution in [0.25, 0.3) is 11.0 Å². The fourth-order valence-electron chi connectivity index (χ4n) is 2.76. The third-order valence-electron chi connectivity index (χ3n) is 4.09. The Kier molecular flexibility index (Phi) is 5.39. The van der Waals surface area contributed by atoms with Crippen LogP contribution in [0, 0.1) is 6.92 Å². The van der Waals surface area contributed by atoms with Crippen LogP contribution in [-0.4, -0.2) is 37.2 Å². The summed E-state index contributed by atoms with van der Waals surface area (Å²) in [5.41, 5.74) is 2.59. The number of carbonyl (C=O) groups is 3. The number of rotatable bonds is 5. The van der Waals surface area contributed by atoms with E-state index in [1.165, 1.54) is 32.4 Å². The fraction of sp³-hybridized carbons (Fsp3) is 0.200. The first-order chi connectivity index (χ1) is 13.4. The van der Waals surface area contributed by atoms with E-state index in [1.807, 2.05) is 19.1 Å². The Hall–Kier alpha value is -3.68. The zero-order valence-corrected chi connectivity index (χ0v) is 15.6. The third-order valence-corrected chi connectivity index (χ3v) is 4.09. The van der Waals surface area contributed by atoms with E-state index in [-0.39, 0.29) is 29.1 Å². The molecule has 28 heavy (non-hydrogen) atoms. The van der Waals surface area contributed by atoms with Crippen molar-refractivity contribution in [3.63, 3.8) is 0 Å². The van der Waals surface area contributed by atoms with Gasteiger partial charge in [-0.15, -0.1) is 0 Å². The van der Waals surface area contributed by atoms with E-state index >= 15 is 0 Å². The first-order valence-corrected chi connectivity index (χ1v) is 8.37. The van der Waals surface area contributed by atoms with Gasteiger partial charge in [-0.3, -0.25) is 4.79 Å². The molecule has 1 aromatic heterocycles. The zero-order valence-electron chi connectivity index (χ0n) is 15.6. The standard InChI is InChI=1S/C20H18N2O6/c1-11-4-5-17-15(6-11)16(22-28-17)10-18(23)21-14-8-12(19(24)26-2)7-13(9-14)20(25)27-3/h4-9H,10H2,1-3H3,(H,21,23). The number of nitrogens with one attached hydrogen (secondary N) is 1. The molecule has 0 aliphatic rings. The van der Waals surface area contributed by atoms with E-state index in [1.54, 1.807) is 6.07 Å². The van der Waals surface area contributed by atoms with Gasteiger partial charge >= 0.3 is 11.9 Å². The largest absolute Gasteiger partial charge is 0.465 e. The maximum atomic E-state index is 12.5. The Morgan fingerprint density at radius 2 is 1.64 bits per heavy atom. The second-order valence-electron chi connectivity index (χ2n) is 6.14. The van der Waals surface area contributed by atoms with Crippen molar-refractivity contribution >= 4 is 34.5 Å². The first kappa shape index (κ1) is 19.1. The van der Waals surface area contributed by atoms with Gasteiger partial charge in [0, 0.05) is 11.1 Å². The molecule has 0 atom stereocenters. The lowest BCUT2D eigenvalue weighted by Crippen LogP contribution is -2.16. The molecule has 1 N–H and O–H groups in total. The van der Waals surface area contributed by atoms with Crippen LogP contribution in [0.4, 0.5) is 5.69 Å². The number of carbonyl (C=O) groups excluding carboxylic acids is 3. The summed E-state index contributed by atoms with van der Waals surface area (Å²) in [5.74, 6) is -1.66. The molecule has 1 heterocycles. The van der Waals surface area contributed by atoms with Crippen molar-refractivity contribution in [3.8, 4) is 0 Å². The minimum Gasteiger partial charge on any atom is -0.465 e. The summed E-state index contributed by atoms with van der Waals surface area (Å²) in [6.45, 7) is 1.93. The Bertz CT molecular complexity index is 1040. The number of fused-ring (bicyclic) bond motifs is 1. The summed E-state index contributed by atoms with van der Waals surface area (Å²) in [4.78, 5) is 36.2. The highest BCUT2D eigenvalue weighted by Crippen LogP contribution is 2.21. The predicted molar refractivity (Wildman–Crippen MR) is 100 cm³/mol. The van der Waals surface area contributed by atoms with Crippen molar-refractivity contribution in [3.05, 3.63) is 58.8 Å². The molecule has 0 fully saturated rings. The minimum absolute atomic E-state index is 0.0353. The van der Waals surface area contributed by atoms with Crippen LogP contribution in [0.2, 0.25) is 0 Å². The minimum atomic E-state index is -0.640. The highest BCUT2D eigenvalue weighted by atomic mass is 16.5. The lowest BCUT2D eigenvalue weighted by atomic mass is 10.1. The molecule has 0 saturated carbocycles. The van der Waals surface area contributed by atoms with E-state index in [4.69, 9.17) is 4.52 Å². The van der Waals surface area contributed by atoms with Crippen LogP contribution in [0.5, 0.6) is 0 Å². The number of aromatic nitrogens is 1. The van der Waals surface area contributed by atoms with Crippen LogP contribution in [0.15, 0.2) is 40.9 Å². The van der Waals surface area contributed by atoms with Gasteiger partial charge < -0.3 is 19.3 Å². The number of ether oxygens (including phenoxy) is 2. The Balaban J connectivity index is 1.85. The van der Waals surface area contributed by atoms with Crippen molar-refractivity contribution in [1.29, 1.82) is 0 Å². The van der Waals surface area contributed by atoms with Gasteiger partial charge in [0.2, 0.25) is 5.91 Å². The number of benzene rings is 2. The van der Waals surface area contributed by atoms with Crippen molar-refractivity contribution in [1.82, 2.24) is 5.16 Å². The Morgan fingerprint density at radius 1 is 1.00 bits per heavy atom. The van der Waals surface area contributed by atoms with Crippen LogP contribution < -0.4 is 5.32 Å². The second kappa shape index (κ2) is 7.91. The molecule has 2 aromatic carbocycles. The first-order valence-electron chi connectivity index (χ1n) is 8.37. The lowest BCUT2D eigenvalue weighted by molar-refractivity contribution is -0.115. The molecule has 0 spiro atoms. The number of esters is 2. The number of anilines is 1. The summed E-state index contributed by atoms with van der Waals surface area (Å²) >= 11 is 0. The van der Waals surface area contributed by atoms with Gasteiger partial charge in [-0.1, -0.05) is 16.8 Å². The van der Waals surface area contributed by atoms with E-state index in [2.05, 4.69) is 19.9 Å². The summed E-state index contributed by atoms with van der Waals surface area (Å²) in [6.07, 6.45) is -0.0353. The number of hydrogen-bond acceptors (Lipinski definition) is 7. The smallest absolute Gasteiger partial charge is 0.337 e. The molecule has 8 heteroatoms. The van der Waals surface area contributed by atoms with E-state index in [0.717, 1.165) is 10.9 Å². The SMILES string of the molecule is COC(=O)c1cc(NC(=O)Cc2noc3ccc(C)cc23)cc(C(=O)OC)c1. The third kappa shape index (κ3) is 4.01. The van der Waals surface area contributed by atoms with E-state index < -0.39 is 11.9 Å². The van der Waals surface area contributed by atoms with Crippen LogP contribution in [0.3, 0.4) is 0 Å². The summed E-state index contributed by atoms with van der Waals surface area (Å²) in [7, 11) is 2.45. The monoisotopic (exact) mass is 382 g/mol. The topological polar surface area (TPSA) is 108 Å². The maximum Gasteiger partial charge on any atom is 0.337 e. The van der Waals surface area contributed by atoms with Crippen LogP contribution in [0.1, 0.15) is 32.0 Å². The summed E-state index contributed by atoms with van der Waals surface area (Å²) < 4.78 is 14.6. The summed E-state index contributed by atoms with van der Waals surface area (Å²) in [5, 5.41) is 7.37. The van der Waals surface area contributed by atoms with E-state index in [0.29, 0.717) is 11.3 Å². The second-order valence-corrected chi connectivity index (χ2v) is 6.14. The van der Waals surface area contributed by atoms with Gasteiger partial charge in [-0.2, -0.15) is 0 Å². The van der Waals surface area contributed by atoms with Crippen molar-refractivity contribution in [2.24, 2.45) is 0 Å². The molecule has 3 aromatic rings. The number of aryl methyl sites for hydroxylation is 1. The predicted octanol–water partition coefficient (Wildman–Crippen LogP) is 2.89. The van der Waals surface area contributed by atoms with Crippen LogP contribution >= 0.6 is 0 Å². The zero-order chi connectivity index (χ0) is 20.3. The van der Waals surface area contributed by atoms with Crippen molar-refractivity contribution in [2.75, 3.05) is 19.5 Å².